The largest absolute Gasteiger partial charge is 0.481 e. The van der Waals surface area contributed by atoms with Crippen LogP contribution in [0.25, 0.3) is 0 Å². The Morgan fingerprint density at radius 2 is 2.10 bits per heavy atom. The van der Waals surface area contributed by atoms with Crippen LogP contribution < -0.4 is 5.73 Å². The normalized spacial score (nSPS) is 17.3. The number of hydrogen-bond acceptors (Lipinski definition) is 2. The van der Waals surface area contributed by atoms with E-state index < -0.39 is 17.7 Å². The molecule has 0 saturated heterocycles. The van der Waals surface area contributed by atoms with Crippen molar-refractivity contribution in [2.24, 2.45) is 5.92 Å². The van der Waals surface area contributed by atoms with Gasteiger partial charge in [0, 0.05) is 4.47 Å². The van der Waals surface area contributed by atoms with Crippen LogP contribution in [0.5, 0.6) is 0 Å². The van der Waals surface area contributed by atoms with Crippen molar-refractivity contribution in [1.82, 2.24) is 0 Å². The lowest BCUT2D eigenvalue weighted by molar-refractivity contribution is -0.139. The Labute approximate surface area is 126 Å². The standard InChI is InChI=1S/C15H19BrFNO2/c16-13-8-10(17)7-12(14(13)18)11(15(19)20)6-5-9-3-1-2-4-9/h7-9,11H,1-6,18H2,(H,19,20). The van der Waals surface area contributed by atoms with E-state index >= 15 is 0 Å². The molecule has 0 amide bonds. The van der Waals surface area contributed by atoms with Crippen LogP contribution in [0.1, 0.15) is 50.0 Å². The molecule has 0 heterocycles. The van der Waals surface area contributed by atoms with Crippen molar-refractivity contribution in [2.45, 2.75) is 44.4 Å². The van der Waals surface area contributed by atoms with Gasteiger partial charge in [0.1, 0.15) is 5.82 Å². The first-order valence-corrected chi connectivity index (χ1v) is 7.75. The number of anilines is 1. The van der Waals surface area contributed by atoms with Crippen LogP contribution in [-0.4, -0.2) is 11.1 Å². The Balaban J connectivity index is 2.17. The van der Waals surface area contributed by atoms with Crippen molar-refractivity contribution in [3.05, 3.63) is 28.0 Å². The molecule has 2 rings (SSSR count). The van der Waals surface area contributed by atoms with Gasteiger partial charge in [-0.3, -0.25) is 4.79 Å². The van der Waals surface area contributed by atoms with Crippen LogP contribution in [0.2, 0.25) is 0 Å². The van der Waals surface area contributed by atoms with Gasteiger partial charge in [-0.25, -0.2) is 4.39 Å². The lowest BCUT2D eigenvalue weighted by Gasteiger charge is -2.18. The lowest BCUT2D eigenvalue weighted by Crippen LogP contribution is -2.15. The maximum Gasteiger partial charge on any atom is 0.311 e. The number of hydrogen-bond donors (Lipinski definition) is 2. The highest BCUT2D eigenvalue weighted by Crippen LogP contribution is 2.36. The maximum absolute atomic E-state index is 13.5. The minimum Gasteiger partial charge on any atom is -0.481 e. The first kappa shape index (κ1) is 15.3. The summed E-state index contributed by atoms with van der Waals surface area (Å²) >= 11 is 3.17. The van der Waals surface area contributed by atoms with E-state index in [2.05, 4.69) is 15.9 Å². The van der Waals surface area contributed by atoms with E-state index in [-0.39, 0.29) is 0 Å². The van der Waals surface area contributed by atoms with Crippen molar-refractivity contribution in [1.29, 1.82) is 0 Å². The third-order valence-corrected chi connectivity index (χ3v) is 4.79. The fourth-order valence-corrected chi connectivity index (χ4v) is 3.45. The summed E-state index contributed by atoms with van der Waals surface area (Å²) < 4.78 is 13.9. The zero-order valence-electron chi connectivity index (χ0n) is 11.2. The Morgan fingerprint density at radius 1 is 1.45 bits per heavy atom. The van der Waals surface area contributed by atoms with Gasteiger partial charge < -0.3 is 10.8 Å². The highest BCUT2D eigenvalue weighted by Gasteiger charge is 2.26. The molecule has 3 nitrogen and oxygen atoms in total. The van der Waals surface area contributed by atoms with E-state index in [1.165, 1.54) is 37.8 Å². The summed E-state index contributed by atoms with van der Waals surface area (Å²) in [7, 11) is 0. The maximum atomic E-state index is 13.5. The van der Waals surface area contributed by atoms with E-state index in [1.807, 2.05) is 0 Å². The third-order valence-electron chi connectivity index (χ3n) is 4.14. The number of rotatable bonds is 5. The second-order valence-electron chi connectivity index (χ2n) is 5.51. The second kappa shape index (κ2) is 6.57. The third kappa shape index (κ3) is 3.51. The van der Waals surface area contributed by atoms with Crippen LogP contribution in [0.4, 0.5) is 10.1 Å². The van der Waals surface area contributed by atoms with Gasteiger partial charge in [-0.1, -0.05) is 25.7 Å². The van der Waals surface area contributed by atoms with E-state index in [9.17, 15) is 14.3 Å². The highest BCUT2D eigenvalue weighted by atomic mass is 79.9. The predicted molar refractivity (Wildman–Crippen MR) is 80.1 cm³/mol. The Morgan fingerprint density at radius 3 is 2.70 bits per heavy atom. The zero-order chi connectivity index (χ0) is 14.7. The van der Waals surface area contributed by atoms with Gasteiger partial charge in [0.15, 0.2) is 0 Å². The molecule has 3 N–H and O–H groups in total. The molecule has 1 saturated carbocycles. The van der Waals surface area contributed by atoms with Crippen molar-refractivity contribution in [3.8, 4) is 0 Å². The predicted octanol–water partition coefficient (Wildman–Crippen LogP) is 4.31. The van der Waals surface area contributed by atoms with Crippen LogP contribution in [0, 0.1) is 11.7 Å². The zero-order valence-corrected chi connectivity index (χ0v) is 12.8. The van der Waals surface area contributed by atoms with Gasteiger partial charge in [-0.15, -0.1) is 0 Å². The number of carbonyl (C=O) groups is 1. The van der Waals surface area contributed by atoms with Crippen LogP contribution >= 0.6 is 15.9 Å². The molecule has 5 heteroatoms. The van der Waals surface area contributed by atoms with Crippen LogP contribution in [0.15, 0.2) is 16.6 Å². The molecule has 0 aromatic heterocycles. The van der Waals surface area contributed by atoms with E-state index in [0.29, 0.717) is 28.1 Å². The molecule has 0 spiro atoms. The average Bonchev–Trinajstić information content (AvgIpc) is 2.88. The molecular weight excluding hydrogens is 325 g/mol. The number of carboxylic acids is 1. The fourth-order valence-electron chi connectivity index (χ4n) is 3.01. The van der Waals surface area contributed by atoms with Gasteiger partial charge in [-0.05, 0) is 52.4 Å². The Hall–Kier alpha value is -1.10. The van der Waals surface area contributed by atoms with E-state index in [0.717, 1.165) is 6.42 Å². The molecule has 20 heavy (non-hydrogen) atoms. The Bertz CT molecular complexity index is 501. The lowest BCUT2D eigenvalue weighted by atomic mass is 9.89. The molecule has 110 valence electrons. The van der Waals surface area contributed by atoms with Crippen molar-refractivity contribution in [3.63, 3.8) is 0 Å². The number of nitrogens with two attached hydrogens (primary N) is 1. The summed E-state index contributed by atoms with van der Waals surface area (Å²) in [5.41, 5.74) is 6.60. The quantitative estimate of drug-likeness (QED) is 0.783. The number of benzene rings is 1. The molecular formula is C15H19BrFNO2. The summed E-state index contributed by atoms with van der Waals surface area (Å²) in [5, 5.41) is 9.41. The smallest absolute Gasteiger partial charge is 0.311 e. The van der Waals surface area contributed by atoms with E-state index in [4.69, 9.17) is 5.73 Å². The molecule has 1 aromatic rings. The topological polar surface area (TPSA) is 63.3 Å². The molecule has 1 unspecified atom stereocenters. The summed E-state index contributed by atoms with van der Waals surface area (Å²) in [6, 6.07) is 2.50. The second-order valence-corrected chi connectivity index (χ2v) is 6.36. The summed E-state index contributed by atoms with van der Waals surface area (Å²) in [5.74, 6) is -1.53. The van der Waals surface area contributed by atoms with Gasteiger partial charge >= 0.3 is 5.97 Å². The Kier molecular flexibility index (Phi) is 5.02. The van der Waals surface area contributed by atoms with Crippen molar-refractivity contribution >= 4 is 27.6 Å². The molecule has 1 aliphatic rings. The molecule has 1 aromatic carbocycles. The van der Waals surface area contributed by atoms with Gasteiger partial charge in [0.05, 0.1) is 11.6 Å². The first-order valence-electron chi connectivity index (χ1n) is 6.96. The summed E-state index contributed by atoms with van der Waals surface area (Å²) in [4.78, 5) is 11.5. The fraction of sp³-hybridized carbons (Fsp3) is 0.533. The SMILES string of the molecule is Nc1c(Br)cc(F)cc1C(CCC1CCCC1)C(=O)O. The van der Waals surface area contributed by atoms with Crippen LogP contribution in [0.3, 0.4) is 0 Å². The van der Waals surface area contributed by atoms with Gasteiger partial charge in [0.25, 0.3) is 0 Å². The number of nitrogen functional groups attached to an aromatic ring is 1. The molecule has 1 atom stereocenters. The minimum atomic E-state index is -0.938. The summed E-state index contributed by atoms with van der Waals surface area (Å²) in [6.45, 7) is 0. The van der Waals surface area contributed by atoms with Crippen molar-refractivity contribution in [2.75, 3.05) is 5.73 Å². The average molecular weight is 344 g/mol. The van der Waals surface area contributed by atoms with Crippen molar-refractivity contribution < 1.29 is 14.3 Å². The van der Waals surface area contributed by atoms with E-state index in [1.54, 1.807) is 0 Å². The van der Waals surface area contributed by atoms with Gasteiger partial charge in [0.2, 0.25) is 0 Å². The van der Waals surface area contributed by atoms with Gasteiger partial charge in [-0.2, -0.15) is 0 Å². The number of carboxylic acid groups (broad SMARTS) is 1. The van der Waals surface area contributed by atoms with Crippen LogP contribution in [-0.2, 0) is 4.79 Å². The summed E-state index contributed by atoms with van der Waals surface area (Å²) in [6.07, 6.45) is 6.19. The first-order chi connectivity index (χ1) is 9.49. The molecule has 0 aliphatic heterocycles. The monoisotopic (exact) mass is 343 g/mol. The number of aliphatic carboxylic acids is 1. The highest BCUT2D eigenvalue weighted by molar-refractivity contribution is 9.10. The molecule has 1 fully saturated rings. The molecule has 0 bridgehead atoms. The molecule has 0 radical (unpaired) electrons. The number of halogens is 2. The molecule has 1 aliphatic carbocycles. The minimum absolute atomic E-state index is 0.324.